The predicted molar refractivity (Wildman–Crippen MR) is 93.0 cm³/mol. The molecule has 0 aliphatic carbocycles. The first kappa shape index (κ1) is 16.7. The molecule has 2 rings (SSSR count). The number of sulfone groups is 1. The van der Waals surface area contributed by atoms with Crippen LogP contribution in [0.3, 0.4) is 0 Å². The van der Waals surface area contributed by atoms with E-state index in [1.165, 1.54) is 0 Å². The van der Waals surface area contributed by atoms with Crippen LogP contribution in [-0.2, 0) is 9.84 Å². The molecule has 0 aromatic heterocycles. The molecule has 0 amide bonds. The van der Waals surface area contributed by atoms with Crippen LogP contribution in [0.2, 0.25) is 0 Å². The summed E-state index contributed by atoms with van der Waals surface area (Å²) in [5.41, 5.74) is 2.11. The van der Waals surface area contributed by atoms with E-state index in [1.54, 1.807) is 24.3 Å². The van der Waals surface area contributed by atoms with Crippen LogP contribution in [0.25, 0.3) is 0 Å². The number of halogens is 2. The third-order valence-electron chi connectivity index (χ3n) is 3.30. The Labute approximate surface area is 142 Å². The van der Waals surface area contributed by atoms with E-state index in [0.717, 1.165) is 11.1 Å². The number of rotatable bonds is 4. The van der Waals surface area contributed by atoms with Crippen LogP contribution in [0.5, 0.6) is 0 Å². The monoisotopic (exact) mass is 430 g/mol. The Kier molecular flexibility index (Phi) is 5.28. The summed E-state index contributed by atoms with van der Waals surface area (Å²) in [7, 11) is -3.45. The second-order valence-corrected chi connectivity index (χ2v) is 9.57. The molecule has 21 heavy (non-hydrogen) atoms. The summed E-state index contributed by atoms with van der Waals surface area (Å²) in [6.07, 6.45) is 0. The van der Waals surface area contributed by atoms with Crippen molar-refractivity contribution in [1.82, 2.24) is 0 Å². The van der Waals surface area contributed by atoms with Gasteiger partial charge in [-0.25, -0.2) is 8.42 Å². The molecule has 2 unspecified atom stereocenters. The number of benzene rings is 2. The van der Waals surface area contributed by atoms with Crippen LogP contribution >= 0.6 is 31.9 Å². The Morgan fingerprint density at radius 3 is 1.24 bits per heavy atom. The van der Waals surface area contributed by atoms with Crippen LogP contribution in [0.4, 0.5) is 0 Å². The largest absolute Gasteiger partial charge is 0.219 e. The van der Waals surface area contributed by atoms with Gasteiger partial charge in [-0.3, -0.25) is 0 Å². The minimum atomic E-state index is -3.45. The van der Waals surface area contributed by atoms with Gasteiger partial charge in [0, 0.05) is 9.65 Å². The zero-order valence-electron chi connectivity index (χ0n) is 11.8. The average Bonchev–Trinajstić information content (AvgIpc) is 2.47. The third-order valence-corrected chi connectivity index (χ3v) is 6.14. The Morgan fingerprint density at radius 2 is 1.00 bits per heavy atom. The van der Waals surface area contributed by atoms with Gasteiger partial charge in [-0.1, -0.05) is 56.1 Å². The van der Waals surface area contributed by atoms with Crippen molar-refractivity contribution in [1.29, 1.82) is 0 Å². The Balaban J connectivity index is 2.37. The lowest BCUT2D eigenvalue weighted by Gasteiger charge is -2.09. The Bertz CT molecular complexity index is 645. The van der Waals surface area contributed by atoms with Crippen LogP contribution in [0.15, 0.2) is 58.3 Å². The molecule has 0 heterocycles. The average molecular weight is 432 g/mol. The molecule has 0 fully saturated rings. The van der Waals surface area contributed by atoms with Crippen molar-refractivity contribution in [3.05, 3.63) is 59.7 Å². The van der Waals surface area contributed by atoms with Crippen molar-refractivity contribution in [2.75, 3.05) is 0 Å². The van der Waals surface area contributed by atoms with E-state index in [0.29, 0.717) is 9.79 Å². The fraction of sp³-hybridized carbons (Fsp3) is 0.250. The van der Waals surface area contributed by atoms with E-state index in [-0.39, 0.29) is 9.65 Å². The quantitative estimate of drug-likeness (QED) is 0.604. The molecule has 0 spiro atoms. The molecule has 0 radical (unpaired) electrons. The molecule has 2 aromatic rings. The fourth-order valence-electron chi connectivity index (χ4n) is 1.96. The predicted octanol–water partition coefficient (Wildman–Crippen LogP) is 5.43. The van der Waals surface area contributed by atoms with Gasteiger partial charge in [0.25, 0.3) is 0 Å². The van der Waals surface area contributed by atoms with Gasteiger partial charge in [0.15, 0.2) is 0 Å². The first-order valence-electron chi connectivity index (χ1n) is 6.55. The zero-order chi connectivity index (χ0) is 15.6. The maximum absolute atomic E-state index is 12.6. The van der Waals surface area contributed by atoms with Crippen molar-refractivity contribution < 1.29 is 8.42 Å². The molecular weight excluding hydrogens is 416 g/mol. The highest BCUT2D eigenvalue weighted by atomic mass is 79.9. The van der Waals surface area contributed by atoms with Gasteiger partial charge in [-0.05, 0) is 49.2 Å². The summed E-state index contributed by atoms with van der Waals surface area (Å²) in [6.45, 7) is 4.01. The van der Waals surface area contributed by atoms with Crippen molar-refractivity contribution in [3.63, 3.8) is 0 Å². The summed E-state index contributed by atoms with van der Waals surface area (Å²) >= 11 is 6.94. The van der Waals surface area contributed by atoms with Gasteiger partial charge in [-0.2, -0.15) is 0 Å². The van der Waals surface area contributed by atoms with E-state index >= 15 is 0 Å². The summed E-state index contributed by atoms with van der Waals surface area (Å²) in [4.78, 5) is 1.04. The first-order chi connectivity index (χ1) is 9.82. The Morgan fingerprint density at radius 1 is 0.714 bits per heavy atom. The maximum Gasteiger partial charge on any atom is 0.206 e. The molecule has 2 atom stereocenters. The lowest BCUT2D eigenvalue weighted by Crippen LogP contribution is -2.02. The van der Waals surface area contributed by atoms with Crippen LogP contribution in [0.1, 0.15) is 34.6 Å². The van der Waals surface area contributed by atoms with Gasteiger partial charge in [0.05, 0.1) is 9.79 Å². The molecule has 2 aromatic carbocycles. The van der Waals surface area contributed by atoms with Crippen molar-refractivity contribution in [3.8, 4) is 0 Å². The van der Waals surface area contributed by atoms with Gasteiger partial charge in [0.1, 0.15) is 0 Å². The number of alkyl halides is 2. The van der Waals surface area contributed by atoms with Crippen molar-refractivity contribution in [2.24, 2.45) is 0 Å². The molecule has 112 valence electrons. The Hall–Kier alpha value is -0.650. The standard InChI is InChI=1S/C16H16Br2O2S/c1-11(17)13-3-7-15(8-4-13)21(19,20)16-9-5-14(6-10-16)12(2)18/h3-12H,1-2H3. The summed E-state index contributed by atoms with van der Waals surface area (Å²) in [5, 5.41) is 0. The smallest absolute Gasteiger partial charge is 0.206 e. The van der Waals surface area contributed by atoms with Crippen LogP contribution in [0, 0.1) is 0 Å². The molecule has 0 saturated heterocycles. The topological polar surface area (TPSA) is 34.1 Å². The lowest BCUT2D eigenvalue weighted by molar-refractivity contribution is 0.596. The van der Waals surface area contributed by atoms with Crippen LogP contribution in [-0.4, -0.2) is 8.42 Å². The minimum Gasteiger partial charge on any atom is -0.219 e. The normalized spacial score (nSPS) is 14.7. The number of hydrogen-bond acceptors (Lipinski definition) is 2. The highest BCUT2D eigenvalue weighted by Gasteiger charge is 2.18. The summed E-state index contributed by atoms with van der Waals surface area (Å²) in [6, 6.07) is 14.0. The zero-order valence-corrected chi connectivity index (χ0v) is 15.7. The van der Waals surface area contributed by atoms with E-state index < -0.39 is 9.84 Å². The minimum absolute atomic E-state index is 0.203. The third kappa shape index (κ3) is 3.76. The van der Waals surface area contributed by atoms with Crippen molar-refractivity contribution in [2.45, 2.75) is 33.3 Å². The second-order valence-electron chi connectivity index (χ2n) is 4.87. The van der Waals surface area contributed by atoms with Gasteiger partial charge in [-0.15, -0.1) is 0 Å². The molecule has 0 N–H and O–H groups in total. The molecule has 0 saturated carbocycles. The van der Waals surface area contributed by atoms with E-state index in [9.17, 15) is 8.42 Å². The maximum atomic E-state index is 12.6. The van der Waals surface area contributed by atoms with E-state index in [4.69, 9.17) is 0 Å². The van der Waals surface area contributed by atoms with E-state index in [2.05, 4.69) is 31.9 Å². The van der Waals surface area contributed by atoms with E-state index in [1.807, 2.05) is 38.1 Å². The molecule has 2 nitrogen and oxygen atoms in total. The number of hydrogen-bond donors (Lipinski definition) is 0. The van der Waals surface area contributed by atoms with Crippen LogP contribution < -0.4 is 0 Å². The second kappa shape index (κ2) is 6.63. The first-order valence-corrected chi connectivity index (χ1v) is 9.87. The molecular formula is C16H16Br2O2S. The SMILES string of the molecule is CC(Br)c1ccc(S(=O)(=O)c2ccc(C(C)Br)cc2)cc1. The highest BCUT2D eigenvalue weighted by Crippen LogP contribution is 2.27. The fourth-order valence-corrected chi connectivity index (χ4v) is 3.83. The lowest BCUT2D eigenvalue weighted by atomic mass is 10.2. The molecule has 0 aliphatic heterocycles. The molecule has 0 bridgehead atoms. The van der Waals surface area contributed by atoms with Gasteiger partial charge < -0.3 is 0 Å². The molecule has 0 aliphatic rings. The van der Waals surface area contributed by atoms with Gasteiger partial charge in [0.2, 0.25) is 9.84 Å². The summed E-state index contributed by atoms with van der Waals surface area (Å²) < 4.78 is 25.1. The highest BCUT2D eigenvalue weighted by molar-refractivity contribution is 9.09. The molecule has 5 heteroatoms. The summed E-state index contributed by atoms with van der Waals surface area (Å²) in [5.74, 6) is 0. The van der Waals surface area contributed by atoms with Gasteiger partial charge >= 0.3 is 0 Å². The van der Waals surface area contributed by atoms with Crippen molar-refractivity contribution >= 4 is 41.7 Å².